The molecule has 1 aromatic heterocycles. The number of aliphatic hydroxyl groups is 1. The standard InChI is InChI=1S/C43H49N5O12S2/c1-26-15-30(25-49)46(23-26)42(52)32-20-37(57-4)39(21-33(32)45-43(53)60-13-8-14-61-62-40-10-9-29(22-44-40)48(54)55)59-12-7-5-6-11-58-38-18-28-17-35(50)34-16-27(2)24-47(34)41(51)31(28)19-36(38)56-3/h9-10,18-22,30,34,49H,1-2,5-8,11-17,23-25H2,3-4H3,(H,45,53)/t30-,34-/m0/s1. The van der Waals surface area contributed by atoms with Gasteiger partial charge in [0.05, 0.1) is 68.9 Å². The molecule has 0 radical (unpaired) electrons. The Morgan fingerprint density at radius 1 is 0.935 bits per heavy atom. The van der Waals surface area contributed by atoms with Crippen molar-refractivity contribution >= 4 is 56.7 Å². The lowest BCUT2D eigenvalue weighted by atomic mass is 9.99. The monoisotopic (exact) mass is 891 g/mol. The minimum absolute atomic E-state index is 0.0281. The van der Waals surface area contributed by atoms with Crippen LogP contribution in [0.15, 0.2) is 71.9 Å². The zero-order chi connectivity index (χ0) is 44.3. The van der Waals surface area contributed by atoms with Crippen molar-refractivity contribution in [1.29, 1.82) is 0 Å². The van der Waals surface area contributed by atoms with Crippen LogP contribution in [0.4, 0.5) is 16.2 Å². The summed E-state index contributed by atoms with van der Waals surface area (Å²) in [5.41, 5.74) is 2.85. The van der Waals surface area contributed by atoms with E-state index in [4.69, 9.17) is 23.7 Å². The van der Waals surface area contributed by atoms with Crippen molar-refractivity contribution in [3.05, 3.63) is 93.7 Å². The van der Waals surface area contributed by atoms with Crippen LogP contribution in [-0.2, 0) is 16.0 Å². The smallest absolute Gasteiger partial charge is 0.411 e. The van der Waals surface area contributed by atoms with Crippen molar-refractivity contribution in [2.45, 2.75) is 62.1 Å². The van der Waals surface area contributed by atoms with Crippen molar-refractivity contribution < 1.29 is 52.9 Å². The van der Waals surface area contributed by atoms with Crippen LogP contribution in [0, 0.1) is 10.1 Å². The molecule has 0 unspecified atom stereocenters. The summed E-state index contributed by atoms with van der Waals surface area (Å²) < 4.78 is 28.8. The summed E-state index contributed by atoms with van der Waals surface area (Å²) in [6, 6.07) is 8.35. The second-order valence-corrected chi connectivity index (χ2v) is 17.3. The van der Waals surface area contributed by atoms with Gasteiger partial charge in [-0.3, -0.25) is 29.8 Å². The number of nitrogens with one attached hydrogen (secondary N) is 1. The van der Waals surface area contributed by atoms with E-state index >= 15 is 0 Å². The molecule has 0 saturated carbocycles. The Labute approximate surface area is 366 Å². The Hall–Kier alpha value is -5.79. The summed E-state index contributed by atoms with van der Waals surface area (Å²) >= 11 is 0. The fourth-order valence-corrected chi connectivity index (χ4v) is 9.25. The summed E-state index contributed by atoms with van der Waals surface area (Å²) in [7, 11) is 5.75. The van der Waals surface area contributed by atoms with Gasteiger partial charge >= 0.3 is 6.09 Å². The molecule has 3 aliphatic rings. The minimum atomic E-state index is -0.787. The van der Waals surface area contributed by atoms with E-state index in [1.807, 2.05) is 0 Å². The van der Waals surface area contributed by atoms with E-state index in [0.29, 0.717) is 85.1 Å². The largest absolute Gasteiger partial charge is 0.493 e. The maximum Gasteiger partial charge on any atom is 0.411 e. The minimum Gasteiger partial charge on any atom is -0.493 e. The molecule has 3 aliphatic heterocycles. The maximum absolute atomic E-state index is 13.9. The number of hydrogen-bond donors (Lipinski definition) is 2. The molecule has 2 N–H and O–H groups in total. The SMILES string of the molecule is C=C1C[C@@H](CO)N(C(=O)c2cc(OC)c(OCCCCCOc3cc4c(cc3OC)C(=O)N3CC(=C)C[C@H]3C(=O)C4)cc2NC(=O)OCCCSSc2ccc([N+](=O)[O-])cn2)C1. The van der Waals surface area contributed by atoms with Gasteiger partial charge in [-0.15, -0.1) is 0 Å². The fourth-order valence-electron chi connectivity index (χ4n) is 7.33. The van der Waals surface area contributed by atoms with E-state index < -0.39 is 29.0 Å². The summed E-state index contributed by atoms with van der Waals surface area (Å²) in [5, 5.41) is 24.1. The number of unbranched alkanes of at least 4 members (excludes halogenated alkanes) is 2. The Morgan fingerprint density at radius 3 is 2.32 bits per heavy atom. The van der Waals surface area contributed by atoms with Crippen LogP contribution in [-0.4, -0.2) is 120 Å². The molecule has 2 saturated heterocycles. The van der Waals surface area contributed by atoms with Gasteiger partial charge in [0.15, 0.2) is 28.8 Å². The third-order valence-corrected chi connectivity index (χ3v) is 12.8. The lowest BCUT2D eigenvalue weighted by Gasteiger charge is -2.24. The van der Waals surface area contributed by atoms with Crippen LogP contribution in [0.5, 0.6) is 23.0 Å². The predicted octanol–water partition coefficient (Wildman–Crippen LogP) is 6.67. The molecular formula is C43H49N5O12S2. The molecular weight excluding hydrogens is 843 g/mol. The molecule has 2 fully saturated rings. The highest BCUT2D eigenvalue weighted by Gasteiger charge is 2.40. The van der Waals surface area contributed by atoms with Crippen LogP contribution in [0.25, 0.3) is 0 Å². The Morgan fingerprint density at radius 2 is 1.65 bits per heavy atom. The number of methoxy groups -OCH3 is 2. The first-order valence-corrected chi connectivity index (χ1v) is 22.3. The number of nitro groups is 1. The molecule has 3 aromatic rings. The van der Waals surface area contributed by atoms with Gasteiger partial charge in [-0.05, 0) is 79.1 Å². The van der Waals surface area contributed by atoms with Crippen molar-refractivity contribution in [3.63, 3.8) is 0 Å². The van der Waals surface area contributed by atoms with Crippen molar-refractivity contribution in [2.75, 3.05) is 64.8 Å². The highest BCUT2D eigenvalue weighted by atomic mass is 33.1. The third-order valence-electron chi connectivity index (χ3n) is 10.5. The summed E-state index contributed by atoms with van der Waals surface area (Å²) in [6.07, 6.45) is 3.94. The molecule has 0 spiro atoms. The number of pyridine rings is 1. The van der Waals surface area contributed by atoms with Crippen LogP contribution < -0.4 is 24.3 Å². The number of nitrogens with zero attached hydrogens (tertiary/aromatic N) is 4. The number of carbonyl (C=O) groups is 4. The normalized spacial score (nSPS) is 17.0. The first kappa shape index (κ1) is 45.7. The second kappa shape index (κ2) is 21.3. The predicted molar refractivity (Wildman–Crippen MR) is 233 cm³/mol. The van der Waals surface area contributed by atoms with Gasteiger partial charge < -0.3 is 38.6 Å². The van der Waals surface area contributed by atoms with Gasteiger partial charge in [-0.1, -0.05) is 35.1 Å². The highest BCUT2D eigenvalue weighted by molar-refractivity contribution is 8.76. The fraction of sp³-hybridized carbons (Fsp3) is 0.419. The summed E-state index contributed by atoms with van der Waals surface area (Å²) in [4.78, 5) is 70.8. The van der Waals surface area contributed by atoms with E-state index in [9.17, 15) is 34.4 Å². The average Bonchev–Trinajstić information content (AvgIpc) is 3.83. The Kier molecular flexibility index (Phi) is 15.7. The van der Waals surface area contributed by atoms with Crippen molar-refractivity contribution in [2.24, 2.45) is 0 Å². The van der Waals surface area contributed by atoms with E-state index in [-0.39, 0.29) is 72.9 Å². The zero-order valence-electron chi connectivity index (χ0n) is 34.6. The van der Waals surface area contributed by atoms with E-state index in [1.165, 1.54) is 65.1 Å². The second-order valence-electron chi connectivity index (χ2n) is 14.9. The molecule has 19 heteroatoms. The van der Waals surface area contributed by atoms with E-state index in [0.717, 1.165) is 11.1 Å². The molecule has 2 aromatic carbocycles. The number of carbonyl (C=O) groups excluding carboxylic acids is 4. The molecule has 0 aliphatic carbocycles. The van der Waals surface area contributed by atoms with Gasteiger partial charge in [0.1, 0.15) is 11.2 Å². The third kappa shape index (κ3) is 11.2. The number of fused-ring (bicyclic) bond motifs is 2. The van der Waals surface area contributed by atoms with Crippen LogP contribution in [0.3, 0.4) is 0 Å². The van der Waals surface area contributed by atoms with Gasteiger partial charge in [0.25, 0.3) is 17.5 Å². The number of amides is 3. The number of ether oxygens (including phenoxy) is 5. The lowest BCUT2D eigenvalue weighted by Crippen LogP contribution is -2.38. The van der Waals surface area contributed by atoms with Crippen LogP contribution in [0.2, 0.25) is 0 Å². The van der Waals surface area contributed by atoms with Gasteiger partial charge in [-0.25, -0.2) is 9.78 Å². The summed E-state index contributed by atoms with van der Waals surface area (Å²) in [5.74, 6) is 1.32. The molecule has 330 valence electrons. The first-order valence-electron chi connectivity index (χ1n) is 20.0. The number of likely N-dealkylation sites (tertiary alicyclic amines) is 1. The number of hydrogen-bond acceptors (Lipinski definition) is 15. The van der Waals surface area contributed by atoms with Gasteiger partial charge in [0.2, 0.25) is 0 Å². The molecule has 17 nitrogen and oxygen atoms in total. The van der Waals surface area contributed by atoms with Crippen molar-refractivity contribution in [1.82, 2.24) is 14.8 Å². The number of aromatic nitrogens is 1. The topological polar surface area (TPSA) is 209 Å². The van der Waals surface area contributed by atoms with Gasteiger partial charge in [-0.2, -0.15) is 0 Å². The molecule has 6 rings (SSSR count). The first-order chi connectivity index (χ1) is 29.9. The van der Waals surface area contributed by atoms with Crippen LogP contribution in [0.1, 0.15) is 64.8 Å². The molecule has 4 heterocycles. The Balaban J connectivity index is 1.03. The number of aliphatic hydroxyl groups excluding tert-OH is 1. The maximum atomic E-state index is 13.9. The summed E-state index contributed by atoms with van der Waals surface area (Å²) in [6.45, 7) is 9.01. The number of rotatable bonds is 20. The van der Waals surface area contributed by atoms with Crippen LogP contribution >= 0.6 is 21.6 Å². The lowest BCUT2D eigenvalue weighted by molar-refractivity contribution is -0.385. The Bertz CT molecular complexity index is 2200. The highest BCUT2D eigenvalue weighted by Crippen LogP contribution is 2.38. The van der Waals surface area contributed by atoms with E-state index in [2.05, 4.69) is 23.5 Å². The zero-order valence-corrected chi connectivity index (χ0v) is 36.2. The van der Waals surface area contributed by atoms with Crippen molar-refractivity contribution in [3.8, 4) is 23.0 Å². The number of Topliss-reactive ketones (excluding diaryl/α,β-unsaturated/α-hetero) is 1. The van der Waals surface area contributed by atoms with Gasteiger partial charge in [0, 0.05) is 43.0 Å². The quantitative estimate of drug-likeness (QED) is 0.0399. The molecule has 62 heavy (non-hydrogen) atoms. The number of ketones is 1. The average molecular weight is 892 g/mol. The molecule has 3 amide bonds. The number of benzene rings is 2. The van der Waals surface area contributed by atoms with E-state index in [1.54, 1.807) is 23.1 Å². The number of anilines is 1. The molecule has 2 atom stereocenters. The molecule has 0 bridgehead atoms.